The van der Waals surface area contributed by atoms with Crippen LogP contribution < -0.4 is 11.1 Å². The Kier molecular flexibility index (Phi) is 4.59. The van der Waals surface area contributed by atoms with Gasteiger partial charge in [0, 0.05) is 12.6 Å². The Labute approximate surface area is 97.9 Å². The van der Waals surface area contributed by atoms with Crippen molar-refractivity contribution < 1.29 is 9.53 Å². The van der Waals surface area contributed by atoms with Crippen molar-refractivity contribution in [2.75, 3.05) is 6.54 Å². The lowest BCUT2D eigenvalue weighted by atomic mass is 10.1. The van der Waals surface area contributed by atoms with Gasteiger partial charge in [0.1, 0.15) is 5.60 Å². The summed E-state index contributed by atoms with van der Waals surface area (Å²) >= 11 is 0. The van der Waals surface area contributed by atoms with Gasteiger partial charge >= 0.3 is 6.09 Å². The van der Waals surface area contributed by atoms with Gasteiger partial charge in [-0.1, -0.05) is 12.8 Å². The Morgan fingerprint density at radius 3 is 2.56 bits per heavy atom. The number of nitrogens with one attached hydrogen (secondary N) is 1. The number of alkyl carbamates (subject to hydrolysis) is 1. The van der Waals surface area contributed by atoms with E-state index in [0.717, 1.165) is 18.8 Å². The van der Waals surface area contributed by atoms with Gasteiger partial charge in [-0.3, -0.25) is 0 Å². The highest BCUT2D eigenvalue weighted by molar-refractivity contribution is 5.68. The molecule has 0 aromatic rings. The Hall–Kier alpha value is -0.770. The predicted molar refractivity (Wildman–Crippen MR) is 64.2 cm³/mol. The fourth-order valence-electron chi connectivity index (χ4n) is 1.57. The first-order valence-electron chi connectivity index (χ1n) is 6.10. The molecule has 0 spiro atoms. The van der Waals surface area contributed by atoms with Gasteiger partial charge in [-0.15, -0.1) is 0 Å². The van der Waals surface area contributed by atoms with Crippen molar-refractivity contribution >= 4 is 6.09 Å². The smallest absolute Gasteiger partial charge is 0.407 e. The number of carbonyl (C=O) groups excluding carboxylic acids is 1. The molecule has 1 unspecified atom stereocenters. The summed E-state index contributed by atoms with van der Waals surface area (Å²) in [7, 11) is 0. The monoisotopic (exact) mass is 228 g/mol. The van der Waals surface area contributed by atoms with E-state index in [1.165, 1.54) is 12.8 Å². The summed E-state index contributed by atoms with van der Waals surface area (Å²) in [6, 6.07) is 0.0513. The average molecular weight is 228 g/mol. The van der Waals surface area contributed by atoms with Crippen molar-refractivity contribution in [2.45, 2.75) is 58.1 Å². The second-order valence-electron chi connectivity index (χ2n) is 5.60. The van der Waals surface area contributed by atoms with Crippen LogP contribution in [0.25, 0.3) is 0 Å². The Bertz CT molecular complexity index is 232. The number of ether oxygens (including phenoxy) is 1. The molecule has 1 saturated carbocycles. The lowest BCUT2D eigenvalue weighted by molar-refractivity contribution is 0.0502. The number of hydrogen-bond donors (Lipinski definition) is 2. The maximum atomic E-state index is 11.5. The summed E-state index contributed by atoms with van der Waals surface area (Å²) in [6.07, 6.45) is 4.43. The normalized spacial score (nSPS) is 18.0. The topological polar surface area (TPSA) is 64.3 Å². The fourth-order valence-corrected chi connectivity index (χ4v) is 1.57. The van der Waals surface area contributed by atoms with Crippen LogP contribution in [-0.2, 0) is 4.74 Å². The number of nitrogens with two attached hydrogens (primary N) is 1. The summed E-state index contributed by atoms with van der Waals surface area (Å²) < 4.78 is 5.19. The van der Waals surface area contributed by atoms with Crippen LogP contribution in [-0.4, -0.2) is 24.3 Å². The number of rotatable bonds is 5. The first-order chi connectivity index (χ1) is 7.40. The van der Waals surface area contributed by atoms with Crippen molar-refractivity contribution in [3.63, 3.8) is 0 Å². The van der Waals surface area contributed by atoms with Crippen LogP contribution in [0.5, 0.6) is 0 Å². The molecule has 0 saturated heterocycles. The zero-order valence-corrected chi connectivity index (χ0v) is 10.6. The molecule has 0 radical (unpaired) electrons. The zero-order chi connectivity index (χ0) is 12.2. The molecule has 1 amide bonds. The number of hydrogen-bond acceptors (Lipinski definition) is 3. The minimum atomic E-state index is -0.445. The van der Waals surface area contributed by atoms with Gasteiger partial charge in [0.15, 0.2) is 0 Å². The molecule has 1 fully saturated rings. The summed E-state index contributed by atoms with van der Waals surface area (Å²) in [5, 5.41) is 2.82. The van der Waals surface area contributed by atoms with E-state index >= 15 is 0 Å². The van der Waals surface area contributed by atoms with Gasteiger partial charge in [0.25, 0.3) is 0 Å². The van der Waals surface area contributed by atoms with Crippen LogP contribution in [0.4, 0.5) is 4.79 Å². The highest BCUT2D eigenvalue weighted by Gasteiger charge is 2.23. The number of carbonyl (C=O) groups is 1. The van der Waals surface area contributed by atoms with Crippen LogP contribution in [0, 0.1) is 5.92 Å². The summed E-state index contributed by atoms with van der Waals surface area (Å²) in [6.45, 7) is 6.04. The maximum Gasteiger partial charge on any atom is 0.407 e. The van der Waals surface area contributed by atoms with E-state index in [-0.39, 0.29) is 12.1 Å². The third kappa shape index (κ3) is 5.95. The molecular weight excluding hydrogens is 204 g/mol. The minimum Gasteiger partial charge on any atom is -0.444 e. The molecular formula is C12H24N2O2. The number of amides is 1. The second-order valence-corrected chi connectivity index (χ2v) is 5.60. The first-order valence-corrected chi connectivity index (χ1v) is 6.10. The zero-order valence-electron chi connectivity index (χ0n) is 10.6. The standard InChI is InChI=1S/C12H24N2O2/c1-12(2,3)16-11(15)14-10(8-13)7-6-9-4-5-9/h9-10H,4-8,13H2,1-3H3,(H,14,15). The van der Waals surface area contributed by atoms with Gasteiger partial charge in [-0.2, -0.15) is 0 Å². The molecule has 4 heteroatoms. The van der Waals surface area contributed by atoms with E-state index in [0.29, 0.717) is 6.54 Å². The van der Waals surface area contributed by atoms with Crippen molar-refractivity contribution in [3.8, 4) is 0 Å². The summed E-state index contributed by atoms with van der Waals surface area (Å²) in [4.78, 5) is 11.5. The highest BCUT2D eigenvalue weighted by Crippen LogP contribution is 2.33. The van der Waals surface area contributed by atoms with E-state index in [1.807, 2.05) is 20.8 Å². The quantitative estimate of drug-likeness (QED) is 0.756. The van der Waals surface area contributed by atoms with Crippen molar-refractivity contribution in [2.24, 2.45) is 11.7 Å². The molecule has 0 aromatic carbocycles. The Morgan fingerprint density at radius 1 is 1.50 bits per heavy atom. The van der Waals surface area contributed by atoms with Crippen LogP contribution in [0.3, 0.4) is 0 Å². The van der Waals surface area contributed by atoms with E-state index in [2.05, 4.69) is 5.32 Å². The summed E-state index contributed by atoms with van der Waals surface area (Å²) in [5.74, 6) is 0.870. The van der Waals surface area contributed by atoms with E-state index in [1.54, 1.807) is 0 Å². The molecule has 16 heavy (non-hydrogen) atoms. The third-order valence-electron chi connectivity index (χ3n) is 2.63. The van der Waals surface area contributed by atoms with Gasteiger partial charge < -0.3 is 15.8 Å². The van der Waals surface area contributed by atoms with Crippen LogP contribution in [0.15, 0.2) is 0 Å². The molecule has 1 atom stereocenters. The van der Waals surface area contributed by atoms with E-state index in [9.17, 15) is 4.79 Å². The van der Waals surface area contributed by atoms with E-state index in [4.69, 9.17) is 10.5 Å². The lowest BCUT2D eigenvalue weighted by Gasteiger charge is -2.23. The molecule has 3 N–H and O–H groups in total. The predicted octanol–water partition coefficient (Wildman–Crippen LogP) is 2.03. The molecule has 1 aliphatic carbocycles. The highest BCUT2D eigenvalue weighted by atomic mass is 16.6. The van der Waals surface area contributed by atoms with Crippen LogP contribution in [0.1, 0.15) is 46.5 Å². The van der Waals surface area contributed by atoms with Gasteiger partial charge in [0.2, 0.25) is 0 Å². The SMILES string of the molecule is CC(C)(C)OC(=O)NC(CN)CCC1CC1. The molecule has 1 aliphatic rings. The molecule has 0 bridgehead atoms. The second kappa shape index (κ2) is 5.53. The Balaban J connectivity index is 2.22. The lowest BCUT2D eigenvalue weighted by Crippen LogP contribution is -2.43. The fraction of sp³-hybridized carbons (Fsp3) is 0.917. The average Bonchev–Trinajstić information content (AvgIpc) is 2.92. The molecule has 94 valence electrons. The Morgan fingerprint density at radius 2 is 2.12 bits per heavy atom. The molecule has 1 rings (SSSR count). The van der Waals surface area contributed by atoms with Gasteiger partial charge in [-0.25, -0.2) is 4.79 Å². The van der Waals surface area contributed by atoms with E-state index < -0.39 is 5.60 Å². The third-order valence-corrected chi connectivity index (χ3v) is 2.63. The van der Waals surface area contributed by atoms with Crippen molar-refractivity contribution in [3.05, 3.63) is 0 Å². The molecule has 0 aromatic heterocycles. The molecule has 0 heterocycles. The van der Waals surface area contributed by atoms with Gasteiger partial charge in [-0.05, 0) is 39.5 Å². The summed E-state index contributed by atoms with van der Waals surface area (Å²) in [5.41, 5.74) is 5.18. The van der Waals surface area contributed by atoms with Crippen LogP contribution >= 0.6 is 0 Å². The molecule has 4 nitrogen and oxygen atoms in total. The molecule has 0 aliphatic heterocycles. The maximum absolute atomic E-state index is 11.5. The van der Waals surface area contributed by atoms with Gasteiger partial charge in [0.05, 0.1) is 0 Å². The first kappa shape index (κ1) is 13.3. The van der Waals surface area contributed by atoms with Crippen molar-refractivity contribution in [1.82, 2.24) is 5.32 Å². The largest absolute Gasteiger partial charge is 0.444 e. The van der Waals surface area contributed by atoms with Crippen LogP contribution in [0.2, 0.25) is 0 Å². The van der Waals surface area contributed by atoms with Crippen molar-refractivity contribution in [1.29, 1.82) is 0 Å². The minimum absolute atomic E-state index is 0.0513.